The highest BCUT2D eigenvalue weighted by atomic mass is 35.5. The Balaban J connectivity index is 1.48. The number of nitrogens with zero attached hydrogens (tertiary/aromatic N) is 5. The molecule has 0 bridgehead atoms. The first kappa shape index (κ1) is 30.7. The molecule has 1 aliphatic rings. The quantitative estimate of drug-likeness (QED) is 0.258. The maximum Gasteiger partial charge on any atom is 0.264 e. The minimum absolute atomic E-state index is 0.0177. The molecule has 5 rings (SSSR count). The maximum atomic E-state index is 13.9. The fraction of sp³-hybridized carbons (Fsp3) is 0.400. The van der Waals surface area contributed by atoms with Crippen molar-refractivity contribution < 1.29 is 13.2 Å². The number of anilines is 2. The second kappa shape index (κ2) is 12.5. The van der Waals surface area contributed by atoms with Gasteiger partial charge in [-0.05, 0) is 84.0 Å². The number of hydrogen-bond acceptors (Lipinski definition) is 9. The van der Waals surface area contributed by atoms with Gasteiger partial charge in [-0.25, -0.2) is 13.4 Å². The molecule has 3 heterocycles. The first-order chi connectivity index (χ1) is 20.5. The summed E-state index contributed by atoms with van der Waals surface area (Å²) in [5.74, 6) is 0.597. The molecule has 11 nitrogen and oxygen atoms in total. The van der Waals surface area contributed by atoms with Crippen LogP contribution in [-0.4, -0.2) is 66.1 Å². The number of ether oxygens (including phenoxy) is 1. The molecule has 0 spiro atoms. The lowest BCUT2D eigenvalue weighted by Crippen LogP contribution is -2.36. The summed E-state index contributed by atoms with van der Waals surface area (Å²) in [5.41, 5.74) is 0.990. The van der Waals surface area contributed by atoms with E-state index in [1.807, 2.05) is 13.8 Å². The fourth-order valence-electron chi connectivity index (χ4n) is 5.49. The third-order valence-electron chi connectivity index (χ3n) is 7.76. The van der Waals surface area contributed by atoms with Gasteiger partial charge in [0.25, 0.3) is 15.6 Å². The standard InChI is InChI=1S/C30H36ClN7O4S/c1-18(2)38-27-19(17-32-30(35-27)33-20-10-12-21(13-11-20)37(3)4)16-23(29(38)39)22-14-15-26(34-28(22)42-5)36-43(40,41)25-9-7-6-8-24(25)31/h6-9,14-18,20-21H,10-13H2,1-5H3,(H,34,36)(H,32,33,35). The van der Waals surface area contributed by atoms with Crippen molar-refractivity contribution in [3.8, 4) is 17.0 Å². The lowest BCUT2D eigenvalue weighted by atomic mass is 9.91. The molecular weight excluding hydrogens is 590 g/mol. The van der Waals surface area contributed by atoms with Crippen molar-refractivity contribution in [2.45, 2.75) is 62.6 Å². The fourth-order valence-corrected chi connectivity index (χ4v) is 7.02. The second-order valence-corrected chi connectivity index (χ2v) is 13.3. The number of rotatable bonds is 9. The molecule has 0 unspecified atom stereocenters. The molecule has 0 atom stereocenters. The van der Waals surface area contributed by atoms with Gasteiger partial charge in [0.2, 0.25) is 11.8 Å². The van der Waals surface area contributed by atoms with E-state index in [0.29, 0.717) is 34.2 Å². The molecule has 2 N–H and O–H groups in total. The van der Waals surface area contributed by atoms with E-state index in [9.17, 15) is 13.2 Å². The first-order valence-corrected chi connectivity index (χ1v) is 16.0. The summed E-state index contributed by atoms with van der Waals surface area (Å²) in [6.07, 6.45) is 5.97. The van der Waals surface area contributed by atoms with E-state index >= 15 is 0 Å². The zero-order chi connectivity index (χ0) is 30.9. The lowest BCUT2D eigenvalue weighted by molar-refractivity contribution is 0.221. The van der Waals surface area contributed by atoms with Crippen molar-refractivity contribution >= 4 is 44.4 Å². The van der Waals surface area contributed by atoms with Crippen LogP contribution in [0.2, 0.25) is 5.02 Å². The molecule has 1 fully saturated rings. The van der Waals surface area contributed by atoms with E-state index in [0.717, 1.165) is 25.7 Å². The normalized spacial score (nSPS) is 17.4. The zero-order valence-corrected chi connectivity index (χ0v) is 26.4. The molecule has 0 amide bonds. The number of benzene rings is 1. The molecule has 1 aliphatic carbocycles. The number of fused-ring (bicyclic) bond motifs is 1. The van der Waals surface area contributed by atoms with Crippen LogP contribution in [0.1, 0.15) is 45.6 Å². The Kier molecular flexibility index (Phi) is 8.91. The Hall–Kier alpha value is -3.74. The van der Waals surface area contributed by atoms with Crippen molar-refractivity contribution in [3.05, 3.63) is 64.0 Å². The monoisotopic (exact) mass is 625 g/mol. The van der Waals surface area contributed by atoms with E-state index in [4.69, 9.17) is 21.3 Å². The highest BCUT2D eigenvalue weighted by molar-refractivity contribution is 7.92. The van der Waals surface area contributed by atoms with Crippen molar-refractivity contribution in [2.24, 2.45) is 0 Å². The van der Waals surface area contributed by atoms with Gasteiger partial charge in [-0.2, -0.15) is 9.97 Å². The minimum Gasteiger partial charge on any atom is -0.480 e. The van der Waals surface area contributed by atoms with Crippen LogP contribution < -0.4 is 20.3 Å². The van der Waals surface area contributed by atoms with Crippen molar-refractivity contribution in [3.63, 3.8) is 0 Å². The predicted molar refractivity (Wildman–Crippen MR) is 170 cm³/mol. The van der Waals surface area contributed by atoms with E-state index in [-0.39, 0.29) is 39.3 Å². The number of sulfonamides is 1. The van der Waals surface area contributed by atoms with Crippen LogP contribution in [0.15, 0.2) is 58.4 Å². The average molecular weight is 626 g/mol. The third-order valence-corrected chi connectivity index (χ3v) is 9.61. The summed E-state index contributed by atoms with van der Waals surface area (Å²) >= 11 is 6.10. The molecule has 43 heavy (non-hydrogen) atoms. The van der Waals surface area contributed by atoms with Crippen LogP contribution in [-0.2, 0) is 10.0 Å². The molecule has 13 heteroatoms. The number of methoxy groups -OCH3 is 1. The van der Waals surface area contributed by atoms with Gasteiger partial charge in [0, 0.05) is 35.3 Å². The summed E-state index contributed by atoms with van der Waals surface area (Å²) in [5, 5.41) is 4.23. The molecule has 0 radical (unpaired) electrons. The number of aromatic nitrogens is 4. The van der Waals surface area contributed by atoms with Crippen molar-refractivity contribution in [2.75, 3.05) is 31.2 Å². The smallest absolute Gasteiger partial charge is 0.264 e. The molecule has 228 valence electrons. The zero-order valence-electron chi connectivity index (χ0n) is 24.8. The van der Waals surface area contributed by atoms with E-state index < -0.39 is 10.0 Å². The van der Waals surface area contributed by atoms with E-state index in [2.05, 4.69) is 39.0 Å². The summed E-state index contributed by atoms with van der Waals surface area (Å²) in [7, 11) is 1.63. The number of halogens is 1. The van der Waals surface area contributed by atoms with Crippen LogP contribution in [0.4, 0.5) is 11.8 Å². The highest BCUT2D eigenvalue weighted by Crippen LogP contribution is 2.32. The minimum atomic E-state index is -4.01. The van der Waals surface area contributed by atoms with Gasteiger partial charge in [-0.15, -0.1) is 0 Å². The number of hydrogen-bond donors (Lipinski definition) is 2. The molecule has 4 aromatic rings. The predicted octanol–water partition coefficient (Wildman–Crippen LogP) is 5.18. The average Bonchev–Trinajstić information content (AvgIpc) is 2.97. The Labute approximate surface area is 256 Å². The van der Waals surface area contributed by atoms with Gasteiger partial charge < -0.3 is 15.0 Å². The molecule has 0 saturated heterocycles. The summed E-state index contributed by atoms with van der Waals surface area (Å²) in [6.45, 7) is 3.84. The van der Waals surface area contributed by atoms with Gasteiger partial charge in [0.1, 0.15) is 16.4 Å². The van der Waals surface area contributed by atoms with Crippen LogP contribution >= 0.6 is 11.6 Å². The number of pyridine rings is 2. The van der Waals surface area contributed by atoms with Crippen LogP contribution in [0.3, 0.4) is 0 Å². The van der Waals surface area contributed by atoms with E-state index in [1.165, 1.54) is 25.3 Å². The van der Waals surface area contributed by atoms with Gasteiger partial charge in [0.15, 0.2) is 0 Å². The molecule has 1 saturated carbocycles. The maximum absolute atomic E-state index is 13.9. The Bertz CT molecular complexity index is 1800. The van der Waals surface area contributed by atoms with Gasteiger partial charge in [-0.3, -0.25) is 14.1 Å². The molecule has 3 aromatic heterocycles. The molecular formula is C30H36ClN7O4S. The van der Waals surface area contributed by atoms with Crippen molar-refractivity contribution in [1.29, 1.82) is 0 Å². The summed E-state index contributed by atoms with van der Waals surface area (Å²) in [4.78, 5) is 29.8. The van der Waals surface area contributed by atoms with Gasteiger partial charge in [-0.1, -0.05) is 23.7 Å². The topological polar surface area (TPSA) is 131 Å². The molecule has 0 aliphatic heterocycles. The third kappa shape index (κ3) is 6.46. The SMILES string of the molecule is COc1nc(NS(=O)(=O)c2ccccc2Cl)ccc1-c1cc2cnc(NC3CCC(N(C)C)CC3)nc2n(C(C)C)c1=O. The van der Waals surface area contributed by atoms with Crippen LogP contribution in [0.25, 0.3) is 22.2 Å². The lowest BCUT2D eigenvalue weighted by Gasteiger charge is -2.33. The second-order valence-electron chi connectivity index (χ2n) is 11.2. The van der Waals surface area contributed by atoms with Gasteiger partial charge in [0.05, 0.1) is 17.7 Å². The van der Waals surface area contributed by atoms with Gasteiger partial charge >= 0.3 is 0 Å². The summed E-state index contributed by atoms with van der Waals surface area (Å²) < 4.78 is 35.5. The highest BCUT2D eigenvalue weighted by Gasteiger charge is 2.24. The Morgan fingerprint density at radius 1 is 1.05 bits per heavy atom. The van der Waals surface area contributed by atoms with Crippen LogP contribution in [0, 0.1) is 0 Å². The first-order valence-electron chi connectivity index (χ1n) is 14.2. The largest absolute Gasteiger partial charge is 0.480 e. The van der Waals surface area contributed by atoms with E-state index in [1.54, 1.807) is 35.0 Å². The number of nitrogens with one attached hydrogen (secondary N) is 2. The van der Waals surface area contributed by atoms with Crippen molar-refractivity contribution in [1.82, 2.24) is 24.4 Å². The Morgan fingerprint density at radius 2 is 1.77 bits per heavy atom. The molecule has 1 aromatic carbocycles. The van der Waals surface area contributed by atoms with Crippen LogP contribution in [0.5, 0.6) is 5.88 Å². The summed E-state index contributed by atoms with van der Waals surface area (Å²) in [6, 6.07) is 11.6. The Morgan fingerprint density at radius 3 is 2.42 bits per heavy atom.